The Kier molecular flexibility index (Phi) is 5.97. The second-order valence-corrected chi connectivity index (χ2v) is 9.92. The third kappa shape index (κ3) is 4.29. The van der Waals surface area contributed by atoms with Crippen molar-refractivity contribution in [1.82, 2.24) is 29.5 Å². The van der Waals surface area contributed by atoms with Crippen molar-refractivity contribution in [2.75, 3.05) is 33.2 Å². The van der Waals surface area contributed by atoms with E-state index in [0.29, 0.717) is 12.0 Å². The quantitative estimate of drug-likeness (QED) is 0.636. The fraction of sp³-hybridized carbons (Fsp3) is 0.560. The van der Waals surface area contributed by atoms with E-state index in [0.717, 1.165) is 79.7 Å². The molecule has 3 aromatic rings. The van der Waals surface area contributed by atoms with Crippen LogP contribution in [0.5, 0.6) is 0 Å². The highest BCUT2D eigenvalue weighted by Gasteiger charge is 2.35. The standard InChI is InChI=1S/C25H34N6O2/c1-16-10-22-23-20(28-25(33)31(22)14-16)12-18(13-27-23)15-29-6-8-30(9-7-29)21-5-4-19(11-17(21)2)24(32)26-3/h10,12-14,17,19,21H,4-9,11,15H2,1-3H3,(H,26,32)(H,28,33). The van der Waals surface area contributed by atoms with Gasteiger partial charge in [0.2, 0.25) is 5.91 Å². The molecular weight excluding hydrogens is 416 g/mol. The van der Waals surface area contributed by atoms with E-state index in [2.05, 4.69) is 33.1 Å². The highest BCUT2D eigenvalue weighted by molar-refractivity contribution is 5.90. The third-order valence-electron chi connectivity index (χ3n) is 7.63. The molecule has 0 aromatic carbocycles. The average Bonchev–Trinajstić information content (AvgIpc) is 3.21. The van der Waals surface area contributed by atoms with Crippen LogP contribution in [0.25, 0.3) is 16.6 Å². The summed E-state index contributed by atoms with van der Waals surface area (Å²) >= 11 is 0. The number of nitrogens with one attached hydrogen (secondary N) is 2. The number of hydrogen-bond acceptors (Lipinski definition) is 5. The summed E-state index contributed by atoms with van der Waals surface area (Å²) in [5, 5.41) is 2.82. The van der Waals surface area contributed by atoms with Gasteiger partial charge in [-0.15, -0.1) is 0 Å². The lowest BCUT2D eigenvalue weighted by atomic mass is 9.77. The Hall–Kier alpha value is -2.71. The smallest absolute Gasteiger partial charge is 0.330 e. The first-order chi connectivity index (χ1) is 15.9. The lowest BCUT2D eigenvalue weighted by Gasteiger charge is -2.44. The van der Waals surface area contributed by atoms with E-state index in [4.69, 9.17) is 4.98 Å². The molecule has 5 rings (SSSR count). The molecule has 33 heavy (non-hydrogen) atoms. The molecule has 3 unspecified atom stereocenters. The Labute approximate surface area is 194 Å². The van der Waals surface area contributed by atoms with Crippen LogP contribution in [0.15, 0.2) is 29.3 Å². The monoisotopic (exact) mass is 450 g/mol. The Morgan fingerprint density at radius 3 is 2.73 bits per heavy atom. The predicted octanol–water partition coefficient (Wildman–Crippen LogP) is 2.15. The number of amides is 1. The van der Waals surface area contributed by atoms with Crippen molar-refractivity contribution in [3.05, 3.63) is 46.1 Å². The zero-order valence-corrected chi connectivity index (χ0v) is 19.8. The highest BCUT2D eigenvalue weighted by atomic mass is 16.2. The van der Waals surface area contributed by atoms with Crippen molar-refractivity contribution in [2.45, 2.75) is 45.7 Å². The Morgan fingerprint density at radius 1 is 1.21 bits per heavy atom. The number of carbonyl (C=O) groups excluding carboxylic acids is 1. The van der Waals surface area contributed by atoms with Crippen molar-refractivity contribution in [3.63, 3.8) is 0 Å². The molecule has 1 saturated heterocycles. The summed E-state index contributed by atoms with van der Waals surface area (Å²) in [5.41, 5.74) is 4.53. The van der Waals surface area contributed by atoms with Crippen LogP contribution in [0, 0.1) is 18.8 Å². The fourth-order valence-corrected chi connectivity index (χ4v) is 5.89. The summed E-state index contributed by atoms with van der Waals surface area (Å²) in [4.78, 5) is 37.2. The fourth-order valence-electron chi connectivity index (χ4n) is 5.89. The van der Waals surface area contributed by atoms with Crippen LogP contribution >= 0.6 is 0 Å². The minimum atomic E-state index is -0.126. The molecule has 3 aromatic heterocycles. The maximum absolute atomic E-state index is 12.4. The summed E-state index contributed by atoms with van der Waals surface area (Å²) in [6, 6.07) is 4.65. The number of piperazine rings is 1. The molecule has 1 aliphatic carbocycles. The third-order valence-corrected chi connectivity index (χ3v) is 7.63. The van der Waals surface area contributed by atoms with E-state index in [1.165, 1.54) is 0 Å². The van der Waals surface area contributed by atoms with Crippen LogP contribution in [0.2, 0.25) is 0 Å². The number of aryl methyl sites for hydroxylation is 1. The van der Waals surface area contributed by atoms with E-state index in [-0.39, 0.29) is 17.5 Å². The number of aromatic nitrogens is 3. The van der Waals surface area contributed by atoms with Gasteiger partial charge in [-0.25, -0.2) is 4.79 Å². The van der Waals surface area contributed by atoms with Gasteiger partial charge in [0.05, 0.1) is 11.0 Å². The number of nitrogens with zero attached hydrogens (tertiary/aromatic N) is 4. The number of rotatable bonds is 4. The first-order valence-electron chi connectivity index (χ1n) is 12.1. The van der Waals surface area contributed by atoms with Gasteiger partial charge in [-0.1, -0.05) is 6.92 Å². The Morgan fingerprint density at radius 2 is 2.00 bits per heavy atom. The van der Waals surface area contributed by atoms with Gasteiger partial charge < -0.3 is 10.3 Å². The van der Waals surface area contributed by atoms with Crippen molar-refractivity contribution < 1.29 is 4.79 Å². The summed E-state index contributed by atoms with van der Waals surface area (Å²) in [7, 11) is 1.74. The Bertz CT molecular complexity index is 1220. The number of carbonyl (C=O) groups is 1. The molecule has 2 fully saturated rings. The molecule has 1 aliphatic heterocycles. The zero-order chi connectivity index (χ0) is 23.1. The van der Waals surface area contributed by atoms with Crippen LogP contribution in [0.4, 0.5) is 0 Å². The van der Waals surface area contributed by atoms with Crippen LogP contribution in [0.3, 0.4) is 0 Å². The number of hydrogen-bond donors (Lipinski definition) is 2. The van der Waals surface area contributed by atoms with Gasteiger partial charge in [0.1, 0.15) is 5.52 Å². The van der Waals surface area contributed by atoms with E-state index >= 15 is 0 Å². The zero-order valence-electron chi connectivity index (χ0n) is 19.8. The largest absolute Gasteiger partial charge is 0.359 e. The predicted molar refractivity (Wildman–Crippen MR) is 129 cm³/mol. The van der Waals surface area contributed by atoms with Gasteiger partial charge in [-0.05, 0) is 55.4 Å². The molecule has 176 valence electrons. The van der Waals surface area contributed by atoms with Crippen LogP contribution in [-0.4, -0.2) is 69.3 Å². The molecule has 0 radical (unpaired) electrons. The van der Waals surface area contributed by atoms with Gasteiger partial charge in [-0.2, -0.15) is 0 Å². The number of fused-ring (bicyclic) bond motifs is 3. The van der Waals surface area contributed by atoms with Gasteiger partial charge in [0.25, 0.3) is 0 Å². The summed E-state index contributed by atoms with van der Waals surface area (Å²) < 4.78 is 1.63. The molecule has 1 amide bonds. The highest BCUT2D eigenvalue weighted by Crippen LogP contribution is 2.33. The minimum absolute atomic E-state index is 0.126. The first-order valence-corrected chi connectivity index (χ1v) is 12.1. The van der Waals surface area contributed by atoms with Crippen molar-refractivity contribution in [3.8, 4) is 0 Å². The second kappa shape index (κ2) is 8.91. The van der Waals surface area contributed by atoms with Crippen molar-refractivity contribution >= 4 is 22.5 Å². The molecule has 0 bridgehead atoms. The second-order valence-electron chi connectivity index (χ2n) is 9.92. The van der Waals surface area contributed by atoms with E-state index in [1.54, 1.807) is 11.4 Å². The maximum Gasteiger partial charge on any atom is 0.330 e. The minimum Gasteiger partial charge on any atom is -0.359 e. The normalized spacial score (nSPS) is 25.0. The molecule has 1 saturated carbocycles. The molecule has 2 aliphatic rings. The summed E-state index contributed by atoms with van der Waals surface area (Å²) in [6.07, 6.45) is 6.87. The average molecular weight is 451 g/mol. The molecule has 4 heterocycles. The number of pyridine rings is 1. The maximum atomic E-state index is 12.4. The molecule has 2 N–H and O–H groups in total. The lowest BCUT2D eigenvalue weighted by molar-refractivity contribution is -0.126. The SMILES string of the molecule is CNC(=O)C1CCC(N2CCN(Cc3cnc4c(c3)[nH]c(=O)n3cc(C)cc43)CC2)C(C)C1. The van der Waals surface area contributed by atoms with Crippen LogP contribution in [0.1, 0.15) is 37.3 Å². The van der Waals surface area contributed by atoms with Crippen molar-refractivity contribution in [2.24, 2.45) is 11.8 Å². The number of aromatic amines is 1. The Balaban J connectivity index is 1.22. The molecule has 8 heteroatoms. The molecular formula is C25H34N6O2. The molecule has 0 spiro atoms. The summed E-state index contributed by atoms with van der Waals surface area (Å²) in [6.45, 7) is 9.28. The van der Waals surface area contributed by atoms with Crippen LogP contribution < -0.4 is 11.0 Å². The van der Waals surface area contributed by atoms with Crippen LogP contribution in [-0.2, 0) is 11.3 Å². The van der Waals surface area contributed by atoms with Gasteiger partial charge in [0, 0.05) is 64.1 Å². The first kappa shape index (κ1) is 22.1. The molecule has 8 nitrogen and oxygen atoms in total. The van der Waals surface area contributed by atoms with Gasteiger partial charge in [-0.3, -0.25) is 24.0 Å². The van der Waals surface area contributed by atoms with Gasteiger partial charge in [0.15, 0.2) is 0 Å². The topological polar surface area (TPSA) is 85.7 Å². The summed E-state index contributed by atoms with van der Waals surface area (Å²) in [5.74, 6) is 0.915. The van der Waals surface area contributed by atoms with E-state index in [1.807, 2.05) is 25.4 Å². The number of H-pyrrole nitrogens is 1. The van der Waals surface area contributed by atoms with Crippen molar-refractivity contribution in [1.29, 1.82) is 0 Å². The van der Waals surface area contributed by atoms with E-state index < -0.39 is 0 Å². The van der Waals surface area contributed by atoms with Gasteiger partial charge >= 0.3 is 5.69 Å². The van der Waals surface area contributed by atoms with E-state index in [9.17, 15) is 9.59 Å². The lowest BCUT2D eigenvalue weighted by Crippen LogP contribution is -2.53. The molecule has 3 atom stereocenters.